The average Bonchev–Trinajstić information content (AvgIpc) is 3.32. The van der Waals surface area contributed by atoms with E-state index in [0.29, 0.717) is 41.3 Å². The van der Waals surface area contributed by atoms with Gasteiger partial charge >= 0.3 is 0 Å². The summed E-state index contributed by atoms with van der Waals surface area (Å²) in [7, 11) is 0. The largest absolute Gasteiger partial charge is 0.457 e. The van der Waals surface area contributed by atoms with Gasteiger partial charge in [-0.15, -0.1) is 0 Å². The monoisotopic (exact) mass is 538 g/mol. The third kappa shape index (κ3) is 4.85. The molecule has 10 nitrogen and oxygen atoms in total. The zero-order chi connectivity index (χ0) is 27.9. The van der Waals surface area contributed by atoms with E-state index in [-0.39, 0.29) is 28.9 Å². The fraction of sp³-hybridized carbons (Fsp3) is 0.276. The summed E-state index contributed by atoms with van der Waals surface area (Å²) in [6, 6.07) is 15.4. The minimum atomic E-state index is -0.566. The molecule has 202 valence electrons. The van der Waals surface area contributed by atoms with Gasteiger partial charge in [0.1, 0.15) is 46.8 Å². The van der Waals surface area contributed by atoms with Gasteiger partial charge in [-0.3, -0.25) is 4.79 Å². The molecule has 2 aromatic carbocycles. The Hall–Kier alpha value is -4.82. The number of nitrogen functional groups attached to an aromatic ring is 1. The lowest BCUT2D eigenvalue weighted by molar-refractivity contribution is -0.127. The van der Waals surface area contributed by atoms with Crippen LogP contribution in [0.2, 0.25) is 0 Å². The van der Waals surface area contributed by atoms with Gasteiger partial charge in [0, 0.05) is 23.7 Å². The number of amides is 1. The van der Waals surface area contributed by atoms with E-state index in [1.807, 2.05) is 24.3 Å². The molecular formula is C29H27FN8O2. The normalized spacial score (nSPS) is 18.1. The first kappa shape index (κ1) is 25.5. The van der Waals surface area contributed by atoms with E-state index in [9.17, 15) is 10.1 Å². The number of hydrogen-bond acceptors (Lipinski definition) is 8. The first-order chi connectivity index (χ1) is 19.3. The average molecular weight is 539 g/mol. The number of aromatic nitrogens is 4. The molecular weight excluding hydrogens is 511 g/mol. The molecule has 1 atom stereocenters. The number of carbonyl (C=O) groups is 1. The SMILES string of the molecule is N#C/C(=C\C1(N)CC1)C(=O)N1CCC[C@H]1Cn1nc(-c2ccc(Oc3ccccc3)cc2F)c2c(N)ncnc21. The van der Waals surface area contributed by atoms with Gasteiger partial charge in [-0.05, 0) is 56.0 Å². The molecule has 2 aromatic heterocycles. The van der Waals surface area contributed by atoms with Crippen LogP contribution in [0.4, 0.5) is 10.2 Å². The Kier molecular flexibility index (Phi) is 6.40. The maximum absolute atomic E-state index is 15.4. The van der Waals surface area contributed by atoms with Crippen molar-refractivity contribution < 1.29 is 13.9 Å². The maximum atomic E-state index is 15.4. The fourth-order valence-electron chi connectivity index (χ4n) is 5.09. The quantitative estimate of drug-likeness (QED) is 0.265. The summed E-state index contributed by atoms with van der Waals surface area (Å²) in [5.74, 6) is 0.216. The minimum absolute atomic E-state index is 0.0596. The van der Waals surface area contributed by atoms with Gasteiger partial charge in [-0.1, -0.05) is 18.2 Å². The number of rotatable bonds is 7. The van der Waals surface area contributed by atoms with Gasteiger partial charge in [-0.2, -0.15) is 10.4 Å². The Balaban J connectivity index is 1.31. The Morgan fingerprint density at radius 1 is 1.20 bits per heavy atom. The van der Waals surface area contributed by atoms with Gasteiger partial charge < -0.3 is 21.1 Å². The van der Waals surface area contributed by atoms with E-state index in [0.717, 1.165) is 25.7 Å². The van der Waals surface area contributed by atoms with Crippen LogP contribution < -0.4 is 16.2 Å². The van der Waals surface area contributed by atoms with Gasteiger partial charge in [0.15, 0.2) is 5.65 Å². The number of para-hydroxylation sites is 1. The molecule has 0 spiro atoms. The number of halogens is 1. The number of hydrogen-bond donors (Lipinski definition) is 2. The van der Waals surface area contributed by atoms with Crippen molar-refractivity contribution in [1.29, 1.82) is 5.26 Å². The van der Waals surface area contributed by atoms with Gasteiger partial charge in [0.05, 0.1) is 18.0 Å². The summed E-state index contributed by atoms with van der Waals surface area (Å²) in [5, 5.41) is 14.8. The van der Waals surface area contributed by atoms with Crippen LogP contribution in [0.25, 0.3) is 22.3 Å². The number of carbonyl (C=O) groups excluding carboxylic acids is 1. The smallest absolute Gasteiger partial charge is 0.264 e. The van der Waals surface area contributed by atoms with Crippen molar-refractivity contribution in [2.24, 2.45) is 5.73 Å². The molecule has 0 bridgehead atoms. The number of nitrogens with zero attached hydrogens (tertiary/aromatic N) is 6. The maximum Gasteiger partial charge on any atom is 0.264 e. The second-order valence-corrected chi connectivity index (χ2v) is 10.2. The molecule has 1 saturated heterocycles. The lowest BCUT2D eigenvalue weighted by Crippen LogP contribution is -2.39. The zero-order valence-corrected chi connectivity index (χ0v) is 21.6. The predicted octanol–water partition coefficient (Wildman–Crippen LogP) is 3.94. The highest BCUT2D eigenvalue weighted by Gasteiger charge is 2.39. The second kappa shape index (κ2) is 10.1. The van der Waals surface area contributed by atoms with Crippen molar-refractivity contribution in [2.45, 2.75) is 43.8 Å². The Morgan fingerprint density at radius 3 is 2.73 bits per heavy atom. The predicted molar refractivity (Wildman–Crippen MR) is 146 cm³/mol. The third-order valence-corrected chi connectivity index (χ3v) is 7.36. The Labute approximate surface area is 229 Å². The molecule has 0 radical (unpaired) electrons. The second-order valence-electron chi connectivity index (χ2n) is 10.2. The third-order valence-electron chi connectivity index (χ3n) is 7.36. The van der Waals surface area contributed by atoms with Crippen molar-refractivity contribution in [1.82, 2.24) is 24.6 Å². The van der Waals surface area contributed by atoms with Gasteiger partial charge in [0.2, 0.25) is 0 Å². The van der Waals surface area contributed by atoms with Crippen molar-refractivity contribution >= 4 is 22.8 Å². The number of benzene rings is 2. The van der Waals surface area contributed by atoms with Crippen LogP contribution in [0.5, 0.6) is 11.5 Å². The van der Waals surface area contributed by atoms with Gasteiger partial charge in [-0.25, -0.2) is 19.0 Å². The van der Waals surface area contributed by atoms with Crippen LogP contribution in [-0.4, -0.2) is 48.7 Å². The van der Waals surface area contributed by atoms with E-state index in [4.69, 9.17) is 21.3 Å². The first-order valence-corrected chi connectivity index (χ1v) is 13.1. The molecule has 0 unspecified atom stereocenters. The molecule has 11 heteroatoms. The number of nitriles is 1. The molecule has 3 heterocycles. The molecule has 6 rings (SSSR count). The summed E-state index contributed by atoms with van der Waals surface area (Å²) < 4.78 is 22.8. The van der Waals surface area contributed by atoms with E-state index in [1.54, 1.807) is 39.9 Å². The lowest BCUT2D eigenvalue weighted by atomic mass is 10.1. The van der Waals surface area contributed by atoms with Crippen molar-refractivity contribution in [3.8, 4) is 28.8 Å². The summed E-state index contributed by atoms with van der Waals surface area (Å²) in [6.45, 7) is 0.808. The number of likely N-dealkylation sites (tertiary alicyclic amines) is 1. The van der Waals surface area contributed by atoms with Crippen LogP contribution in [-0.2, 0) is 11.3 Å². The van der Waals surface area contributed by atoms with Crippen LogP contribution in [0.1, 0.15) is 25.7 Å². The van der Waals surface area contributed by atoms with Crippen LogP contribution >= 0.6 is 0 Å². The number of nitrogens with two attached hydrogens (primary N) is 2. The standard InChI is InChI=1S/C29H27FN8O2/c30-23-13-21(40-20-6-2-1-3-7-20)8-9-22(23)25-24-26(32)34-17-35-27(24)38(36-25)16-19-5-4-12-37(19)28(39)18(15-31)14-29(33)10-11-29/h1-3,6-9,13-14,17,19H,4-5,10-12,16,33H2,(H2,32,34,35)/b18-14+/t19-/m0/s1. The molecule has 1 saturated carbocycles. The Morgan fingerprint density at radius 2 is 2.00 bits per heavy atom. The van der Waals surface area contributed by atoms with Crippen LogP contribution in [0, 0.1) is 17.1 Å². The summed E-state index contributed by atoms with van der Waals surface area (Å²) in [4.78, 5) is 23.5. The highest BCUT2D eigenvalue weighted by atomic mass is 19.1. The fourth-order valence-corrected chi connectivity index (χ4v) is 5.09. The summed E-state index contributed by atoms with van der Waals surface area (Å²) in [6.07, 6.45) is 5.94. The van der Waals surface area contributed by atoms with Crippen molar-refractivity contribution in [3.63, 3.8) is 0 Å². The number of fused-ring (bicyclic) bond motifs is 1. The van der Waals surface area contributed by atoms with Crippen LogP contribution in [0.3, 0.4) is 0 Å². The van der Waals surface area contributed by atoms with E-state index in [2.05, 4.69) is 9.97 Å². The van der Waals surface area contributed by atoms with E-state index >= 15 is 4.39 Å². The molecule has 40 heavy (non-hydrogen) atoms. The summed E-state index contributed by atoms with van der Waals surface area (Å²) >= 11 is 0. The molecule has 2 aliphatic rings. The van der Waals surface area contributed by atoms with Crippen molar-refractivity contribution in [3.05, 3.63) is 72.3 Å². The van der Waals surface area contributed by atoms with E-state index < -0.39 is 11.4 Å². The minimum Gasteiger partial charge on any atom is -0.457 e. The molecule has 1 aliphatic carbocycles. The number of ether oxygens (including phenoxy) is 1. The molecule has 2 fully saturated rings. The number of anilines is 1. The topological polar surface area (TPSA) is 149 Å². The lowest BCUT2D eigenvalue weighted by Gasteiger charge is -2.24. The van der Waals surface area contributed by atoms with Crippen molar-refractivity contribution in [2.75, 3.05) is 12.3 Å². The van der Waals surface area contributed by atoms with Gasteiger partial charge in [0.25, 0.3) is 5.91 Å². The molecule has 4 aromatic rings. The Bertz CT molecular complexity index is 1670. The zero-order valence-electron chi connectivity index (χ0n) is 21.6. The molecule has 1 aliphatic heterocycles. The van der Waals surface area contributed by atoms with Crippen LogP contribution in [0.15, 0.2) is 66.5 Å². The first-order valence-electron chi connectivity index (χ1n) is 13.1. The summed E-state index contributed by atoms with van der Waals surface area (Å²) in [5.41, 5.74) is 12.8. The highest BCUT2D eigenvalue weighted by Crippen LogP contribution is 2.36. The molecule has 1 amide bonds. The highest BCUT2D eigenvalue weighted by molar-refractivity contribution is 5.99. The molecule has 4 N–H and O–H groups in total. The van der Waals surface area contributed by atoms with E-state index in [1.165, 1.54) is 12.4 Å².